The van der Waals surface area contributed by atoms with Crippen LogP contribution in [0.4, 0.5) is 18.9 Å². The molecule has 0 saturated heterocycles. The molecule has 0 aliphatic carbocycles. The fourth-order valence-corrected chi connectivity index (χ4v) is 1.59. The van der Waals surface area contributed by atoms with Crippen molar-refractivity contribution >= 4 is 21.6 Å². The number of benzene rings is 1. The Bertz CT molecular complexity index is 410. The summed E-state index contributed by atoms with van der Waals surface area (Å²) in [4.78, 5) is 0. The molecule has 1 aromatic rings. The minimum Gasteiger partial charge on any atom is -0.384 e. The molecule has 0 fully saturated rings. The first kappa shape index (κ1) is 12.8. The van der Waals surface area contributed by atoms with Crippen LogP contribution < -0.4 is 5.32 Å². The molecule has 0 saturated carbocycles. The number of halogens is 4. The Hall–Kier alpha value is -1.22. The van der Waals surface area contributed by atoms with Gasteiger partial charge in [-0.25, -0.2) is 0 Å². The monoisotopic (exact) mass is 292 g/mol. The predicted molar refractivity (Wildman–Crippen MR) is 57.9 cm³/mol. The van der Waals surface area contributed by atoms with Crippen molar-refractivity contribution in [1.82, 2.24) is 0 Å². The highest BCUT2D eigenvalue weighted by Gasteiger charge is 2.33. The van der Waals surface area contributed by atoms with Crippen molar-refractivity contribution in [3.8, 4) is 6.07 Å². The zero-order chi connectivity index (χ0) is 12.2. The Kier molecular flexibility index (Phi) is 4.19. The molecule has 0 amide bonds. The number of rotatable bonds is 3. The topological polar surface area (TPSA) is 35.8 Å². The third kappa shape index (κ3) is 3.42. The number of nitriles is 1. The van der Waals surface area contributed by atoms with Gasteiger partial charge in [0.15, 0.2) is 0 Å². The summed E-state index contributed by atoms with van der Waals surface area (Å²) in [6, 6.07) is 5.77. The van der Waals surface area contributed by atoms with E-state index in [2.05, 4.69) is 21.2 Å². The smallest absolute Gasteiger partial charge is 0.384 e. The Morgan fingerprint density at radius 3 is 2.62 bits per heavy atom. The fourth-order valence-electron chi connectivity index (χ4n) is 1.12. The van der Waals surface area contributed by atoms with Crippen LogP contribution in [-0.2, 0) is 6.18 Å². The van der Waals surface area contributed by atoms with Gasteiger partial charge in [0.2, 0.25) is 0 Å². The molecule has 0 aliphatic heterocycles. The Morgan fingerprint density at radius 1 is 1.38 bits per heavy atom. The summed E-state index contributed by atoms with van der Waals surface area (Å²) in [6.07, 6.45) is -4.14. The minimum atomic E-state index is -4.38. The predicted octanol–water partition coefficient (Wildman–Crippen LogP) is 3.79. The van der Waals surface area contributed by atoms with E-state index in [-0.39, 0.29) is 10.9 Å². The van der Waals surface area contributed by atoms with Crippen LogP contribution in [0.15, 0.2) is 22.7 Å². The molecule has 0 heterocycles. The lowest BCUT2D eigenvalue weighted by Crippen LogP contribution is -2.08. The molecule has 0 radical (unpaired) electrons. The SMILES string of the molecule is N#CCCNc1ccc(Br)c(C(F)(F)F)c1. The van der Waals surface area contributed by atoms with Gasteiger partial charge in [-0.3, -0.25) is 0 Å². The van der Waals surface area contributed by atoms with E-state index in [1.54, 1.807) is 0 Å². The van der Waals surface area contributed by atoms with Crippen molar-refractivity contribution in [2.24, 2.45) is 0 Å². The van der Waals surface area contributed by atoms with Gasteiger partial charge in [0, 0.05) is 16.7 Å². The van der Waals surface area contributed by atoms with Crippen molar-refractivity contribution in [3.05, 3.63) is 28.2 Å². The van der Waals surface area contributed by atoms with Crippen LogP contribution in [0.2, 0.25) is 0 Å². The molecule has 0 spiro atoms. The first-order chi connectivity index (χ1) is 7.45. The molecule has 6 heteroatoms. The maximum Gasteiger partial charge on any atom is 0.417 e. The molecule has 1 rings (SSSR count). The molecule has 1 N–H and O–H groups in total. The summed E-state index contributed by atoms with van der Waals surface area (Å²) in [5, 5.41) is 11.0. The van der Waals surface area contributed by atoms with E-state index in [9.17, 15) is 13.2 Å². The van der Waals surface area contributed by atoms with E-state index in [1.165, 1.54) is 12.1 Å². The third-order valence-electron chi connectivity index (χ3n) is 1.84. The van der Waals surface area contributed by atoms with Crippen LogP contribution >= 0.6 is 15.9 Å². The first-order valence-corrected chi connectivity index (χ1v) is 5.22. The van der Waals surface area contributed by atoms with E-state index in [0.29, 0.717) is 12.2 Å². The maximum atomic E-state index is 12.5. The lowest BCUT2D eigenvalue weighted by atomic mass is 10.2. The second-order valence-corrected chi connectivity index (χ2v) is 3.88. The molecule has 86 valence electrons. The van der Waals surface area contributed by atoms with Crippen molar-refractivity contribution in [3.63, 3.8) is 0 Å². The van der Waals surface area contributed by atoms with Gasteiger partial charge < -0.3 is 5.32 Å². The molecular formula is C10H8BrF3N2. The molecule has 2 nitrogen and oxygen atoms in total. The van der Waals surface area contributed by atoms with Gasteiger partial charge >= 0.3 is 6.18 Å². The summed E-state index contributed by atoms with van der Waals surface area (Å²) < 4.78 is 37.5. The van der Waals surface area contributed by atoms with Crippen LogP contribution in [0.25, 0.3) is 0 Å². The standard InChI is InChI=1S/C10H8BrF3N2/c11-9-3-2-7(16-5-1-4-15)6-8(9)10(12,13)14/h2-3,6,16H,1,5H2. The first-order valence-electron chi connectivity index (χ1n) is 4.42. The summed E-state index contributed by atoms with van der Waals surface area (Å²) >= 11 is 2.85. The fraction of sp³-hybridized carbons (Fsp3) is 0.300. The summed E-state index contributed by atoms with van der Waals surface area (Å²) in [5.41, 5.74) is -0.375. The molecule has 0 aliphatic rings. The number of anilines is 1. The molecule has 0 bridgehead atoms. The lowest BCUT2D eigenvalue weighted by molar-refractivity contribution is -0.138. The van der Waals surface area contributed by atoms with Gasteiger partial charge in [-0.1, -0.05) is 15.9 Å². The van der Waals surface area contributed by atoms with Gasteiger partial charge in [0.25, 0.3) is 0 Å². The van der Waals surface area contributed by atoms with Crippen LogP contribution in [0.1, 0.15) is 12.0 Å². The largest absolute Gasteiger partial charge is 0.417 e. The van der Waals surface area contributed by atoms with Crippen molar-refractivity contribution in [1.29, 1.82) is 5.26 Å². The van der Waals surface area contributed by atoms with Crippen LogP contribution in [0, 0.1) is 11.3 Å². The van der Waals surface area contributed by atoms with Gasteiger partial charge in [-0.05, 0) is 18.2 Å². The van der Waals surface area contributed by atoms with E-state index in [1.807, 2.05) is 6.07 Å². The second kappa shape index (κ2) is 5.21. The number of hydrogen-bond acceptors (Lipinski definition) is 2. The highest BCUT2D eigenvalue weighted by Crippen LogP contribution is 2.36. The Balaban J connectivity index is 2.87. The van der Waals surface area contributed by atoms with Crippen molar-refractivity contribution in [2.45, 2.75) is 12.6 Å². The van der Waals surface area contributed by atoms with E-state index in [4.69, 9.17) is 5.26 Å². The molecule has 16 heavy (non-hydrogen) atoms. The average molecular weight is 293 g/mol. The molecule has 0 aromatic heterocycles. The number of nitrogens with one attached hydrogen (secondary N) is 1. The second-order valence-electron chi connectivity index (χ2n) is 3.03. The van der Waals surface area contributed by atoms with Gasteiger partial charge in [-0.15, -0.1) is 0 Å². The van der Waals surface area contributed by atoms with E-state index >= 15 is 0 Å². The van der Waals surface area contributed by atoms with Crippen LogP contribution in [0.3, 0.4) is 0 Å². The molecule has 0 atom stereocenters. The minimum absolute atomic E-state index is 0.00540. The van der Waals surface area contributed by atoms with E-state index < -0.39 is 11.7 Å². The number of hydrogen-bond donors (Lipinski definition) is 1. The number of nitrogens with zero attached hydrogens (tertiary/aromatic N) is 1. The third-order valence-corrected chi connectivity index (χ3v) is 2.53. The quantitative estimate of drug-likeness (QED) is 0.861. The summed E-state index contributed by atoms with van der Waals surface area (Å²) in [6.45, 7) is 0.329. The van der Waals surface area contributed by atoms with Crippen LogP contribution in [-0.4, -0.2) is 6.54 Å². The van der Waals surface area contributed by atoms with Gasteiger partial charge in [0.1, 0.15) is 0 Å². The average Bonchev–Trinajstić information content (AvgIpc) is 2.19. The highest BCUT2D eigenvalue weighted by atomic mass is 79.9. The van der Waals surface area contributed by atoms with Gasteiger partial charge in [0.05, 0.1) is 18.1 Å². The lowest BCUT2D eigenvalue weighted by Gasteiger charge is -2.11. The van der Waals surface area contributed by atoms with Crippen LogP contribution in [0.5, 0.6) is 0 Å². The molecule has 1 aromatic carbocycles. The Labute approximate surface area is 99.2 Å². The van der Waals surface area contributed by atoms with Crippen molar-refractivity contribution < 1.29 is 13.2 Å². The highest BCUT2D eigenvalue weighted by molar-refractivity contribution is 9.10. The Morgan fingerprint density at radius 2 is 2.06 bits per heavy atom. The maximum absolute atomic E-state index is 12.5. The zero-order valence-electron chi connectivity index (χ0n) is 8.11. The molecular weight excluding hydrogens is 285 g/mol. The summed E-state index contributed by atoms with van der Waals surface area (Å²) in [5.74, 6) is 0. The summed E-state index contributed by atoms with van der Waals surface area (Å²) in [7, 11) is 0. The van der Waals surface area contributed by atoms with Crippen molar-refractivity contribution in [2.75, 3.05) is 11.9 Å². The normalized spacial score (nSPS) is 10.9. The van der Waals surface area contributed by atoms with Gasteiger partial charge in [-0.2, -0.15) is 18.4 Å². The van der Waals surface area contributed by atoms with E-state index in [0.717, 1.165) is 6.07 Å². The molecule has 0 unspecified atom stereocenters. The zero-order valence-corrected chi connectivity index (χ0v) is 9.69. The number of alkyl halides is 3.